The van der Waals surface area contributed by atoms with Gasteiger partial charge >= 0.3 is 0 Å². The van der Waals surface area contributed by atoms with Crippen molar-refractivity contribution in [3.63, 3.8) is 0 Å². The molecule has 0 aromatic rings. The Morgan fingerprint density at radius 1 is 0.500 bits per heavy atom. The van der Waals surface area contributed by atoms with Gasteiger partial charge in [-0.2, -0.15) is 0 Å². The number of hydrogen-bond donors (Lipinski definition) is 0. The highest BCUT2D eigenvalue weighted by molar-refractivity contribution is 4.91. The lowest BCUT2D eigenvalue weighted by Gasteiger charge is -2.12. The van der Waals surface area contributed by atoms with Crippen molar-refractivity contribution >= 4 is 0 Å². The van der Waals surface area contributed by atoms with E-state index in [4.69, 9.17) is 4.74 Å². The van der Waals surface area contributed by atoms with Crippen molar-refractivity contribution in [1.82, 2.24) is 0 Å². The Kier molecular flexibility index (Phi) is 5.15. The van der Waals surface area contributed by atoms with Crippen LogP contribution in [0.25, 0.3) is 0 Å². The minimum absolute atomic E-state index is 0.365. The van der Waals surface area contributed by atoms with Gasteiger partial charge in [0.25, 0.3) is 0 Å². The molecule has 1 aliphatic heterocycles. The van der Waals surface area contributed by atoms with Crippen LogP contribution in [0.1, 0.15) is 83.5 Å². The zero-order valence-electron chi connectivity index (χ0n) is 10.8. The first-order chi connectivity index (χ1) is 7.91. The number of ether oxygens (including phenoxy) is 1. The van der Waals surface area contributed by atoms with E-state index in [1.807, 2.05) is 0 Å². The third-order valence-electron chi connectivity index (χ3n) is 4.32. The summed E-state index contributed by atoms with van der Waals surface area (Å²) in [5.41, 5.74) is 0.365. The average Bonchev–Trinajstić information content (AvgIpc) is 3.05. The molecule has 0 unspecified atom stereocenters. The molecule has 0 amide bonds. The first-order valence-electron chi connectivity index (χ1n) is 7.55. The number of hydrogen-bond acceptors (Lipinski definition) is 1. The molecule has 0 aromatic carbocycles. The zero-order chi connectivity index (χ0) is 11.1. The second kappa shape index (κ2) is 6.64. The van der Waals surface area contributed by atoms with Crippen LogP contribution in [0.2, 0.25) is 0 Å². The molecule has 1 heteroatoms. The topological polar surface area (TPSA) is 12.5 Å². The summed E-state index contributed by atoms with van der Waals surface area (Å²) in [6, 6.07) is 0. The lowest BCUT2D eigenvalue weighted by molar-refractivity contribution is 0.259. The maximum atomic E-state index is 5.70. The molecule has 0 N–H and O–H groups in total. The Hall–Kier alpha value is -0.0400. The van der Waals surface area contributed by atoms with E-state index in [0.29, 0.717) is 5.60 Å². The van der Waals surface area contributed by atoms with E-state index in [2.05, 4.69) is 0 Å². The van der Waals surface area contributed by atoms with E-state index >= 15 is 0 Å². The van der Waals surface area contributed by atoms with Gasteiger partial charge in [0.1, 0.15) is 0 Å². The molecule has 1 aliphatic carbocycles. The van der Waals surface area contributed by atoms with Crippen LogP contribution in [-0.4, -0.2) is 12.2 Å². The smallest absolute Gasteiger partial charge is 0.0916 e. The van der Waals surface area contributed by atoms with Gasteiger partial charge in [0.05, 0.1) is 12.2 Å². The molecule has 2 aliphatic rings. The summed E-state index contributed by atoms with van der Waals surface area (Å²) in [4.78, 5) is 0. The lowest BCUT2D eigenvalue weighted by atomic mass is 9.94. The Labute approximate surface area is 101 Å². The SMILES string of the molecule is C1CCCCCCC2(CCCCCC1)CO2. The van der Waals surface area contributed by atoms with E-state index in [0.717, 1.165) is 6.61 Å². The molecule has 16 heavy (non-hydrogen) atoms. The average molecular weight is 224 g/mol. The second-order valence-electron chi connectivity index (χ2n) is 5.86. The molecule has 1 saturated carbocycles. The summed E-state index contributed by atoms with van der Waals surface area (Å²) in [5, 5.41) is 0. The van der Waals surface area contributed by atoms with Crippen LogP contribution in [0.15, 0.2) is 0 Å². The zero-order valence-corrected chi connectivity index (χ0v) is 10.8. The summed E-state index contributed by atoms with van der Waals surface area (Å²) >= 11 is 0. The Morgan fingerprint density at radius 3 is 1.12 bits per heavy atom. The summed E-state index contributed by atoms with van der Waals surface area (Å²) in [7, 11) is 0. The summed E-state index contributed by atoms with van der Waals surface area (Å²) in [6.45, 7) is 1.06. The van der Waals surface area contributed by atoms with Crippen LogP contribution < -0.4 is 0 Å². The normalized spacial score (nSPS) is 28.5. The molecule has 0 aromatic heterocycles. The Bertz CT molecular complexity index is 168. The van der Waals surface area contributed by atoms with Gasteiger partial charge in [0.2, 0.25) is 0 Å². The quantitative estimate of drug-likeness (QED) is 0.536. The standard InChI is InChI=1S/C15H28O/c1-2-4-6-8-10-12-15(14-16-15)13-11-9-7-5-3-1/h1-14H2. The first kappa shape index (κ1) is 12.4. The van der Waals surface area contributed by atoms with E-state index in [9.17, 15) is 0 Å². The lowest BCUT2D eigenvalue weighted by Crippen LogP contribution is -2.10. The summed E-state index contributed by atoms with van der Waals surface area (Å²) in [5.74, 6) is 0. The molecule has 0 atom stereocenters. The fourth-order valence-electron chi connectivity index (χ4n) is 3.00. The second-order valence-corrected chi connectivity index (χ2v) is 5.86. The van der Waals surface area contributed by atoms with Crippen LogP contribution >= 0.6 is 0 Å². The van der Waals surface area contributed by atoms with Gasteiger partial charge < -0.3 is 4.74 Å². The third kappa shape index (κ3) is 4.45. The van der Waals surface area contributed by atoms with Gasteiger partial charge in [-0.05, 0) is 12.8 Å². The van der Waals surface area contributed by atoms with Crippen molar-refractivity contribution in [3.8, 4) is 0 Å². The van der Waals surface area contributed by atoms with Gasteiger partial charge in [-0.1, -0.05) is 70.6 Å². The van der Waals surface area contributed by atoms with Crippen molar-refractivity contribution in [1.29, 1.82) is 0 Å². The molecule has 1 nitrogen and oxygen atoms in total. The fourth-order valence-corrected chi connectivity index (χ4v) is 3.00. The van der Waals surface area contributed by atoms with E-state index in [1.54, 1.807) is 0 Å². The van der Waals surface area contributed by atoms with Crippen LogP contribution in [0.4, 0.5) is 0 Å². The largest absolute Gasteiger partial charge is 0.370 e. The monoisotopic (exact) mass is 224 g/mol. The Morgan fingerprint density at radius 2 is 0.812 bits per heavy atom. The minimum atomic E-state index is 0.365. The molecule has 1 heterocycles. The van der Waals surface area contributed by atoms with E-state index in [-0.39, 0.29) is 0 Å². The van der Waals surface area contributed by atoms with Crippen LogP contribution in [-0.2, 0) is 4.74 Å². The van der Waals surface area contributed by atoms with Crippen LogP contribution in [0, 0.1) is 0 Å². The van der Waals surface area contributed by atoms with Crippen molar-refractivity contribution in [2.24, 2.45) is 0 Å². The fraction of sp³-hybridized carbons (Fsp3) is 1.00. The van der Waals surface area contributed by atoms with Gasteiger partial charge in [-0.25, -0.2) is 0 Å². The molecule has 94 valence electrons. The highest BCUT2D eigenvalue weighted by Crippen LogP contribution is 2.38. The van der Waals surface area contributed by atoms with E-state index in [1.165, 1.54) is 83.5 Å². The Balaban J connectivity index is 1.66. The maximum Gasteiger partial charge on any atom is 0.0916 e. The minimum Gasteiger partial charge on any atom is -0.370 e. The molecule has 2 fully saturated rings. The molecule has 2 rings (SSSR count). The number of epoxide rings is 1. The van der Waals surface area contributed by atoms with Gasteiger partial charge in [0.15, 0.2) is 0 Å². The van der Waals surface area contributed by atoms with Gasteiger partial charge in [0, 0.05) is 0 Å². The van der Waals surface area contributed by atoms with Gasteiger partial charge in [-0.3, -0.25) is 0 Å². The number of rotatable bonds is 0. The van der Waals surface area contributed by atoms with Crippen LogP contribution in [0.3, 0.4) is 0 Å². The molecular formula is C15H28O. The highest BCUT2D eigenvalue weighted by Gasteiger charge is 2.42. The maximum absolute atomic E-state index is 5.70. The van der Waals surface area contributed by atoms with Crippen molar-refractivity contribution in [2.45, 2.75) is 89.1 Å². The molecule has 1 spiro atoms. The molecule has 0 radical (unpaired) electrons. The first-order valence-corrected chi connectivity index (χ1v) is 7.55. The van der Waals surface area contributed by atoms with Crippen molar-refractivity contribution < 1.29 is 4.74 Å². The molecule has 1 saturated heterocycles. The third-order valence-corrected chi connectivity index (χ3v) is 4.32. The molecule has 0 bridgehead atoms. The predicted molar refractivity (Wildman–Crippen MR) is 68.7 cm³/mol. The summed E-state index contributed by atoms with van der Waals surface area (Å²) < 4.78 is 5.70. The summed E-state index contributed by atoms with van der Waals surface area (Å²) in [6.07, 6.45) is 18.6. The van der Waals surface area contributed by atoms with Gasteiger partial charge in [-0.15, -0.1) is 0 Å². The van der Waals surface area contributed by atoms with E-state index < -0.39 is 0 Å². The van der Waals surface area contributed by atoms with Crippen LogP contribution in [0.5, 0.6) is 0 Å². The molecular weight excluding hydrogens is 196 g/mol. The predicted octanol–water partition coefficient (Wildman–Crippen LogP) is 4.84. The van der Waals surface area contributed by atoms with Crippen molar-refractivity contribution in [3.05, 3.63) is 0 Å². The van der Waals surface area contributed by atoms with Crippen molar-refractivity contribution in [2.75, 3.05) is 6.61 Å². The highest BCUT2D eigenvalue weighted by atomic mass is 16.6.